The van der Waals surface area contributed by atoms with E-state index in [2.05, 4.69) is 4.99 Å². The standard InChI is InChI=1S/C26H40N6O6S2/c1-5-31(6-2)39(35,36)21-7-9-22(10-8-21)40(37,38)32-12-11-20-17-26(20,18-32)24(33)29-13-15-30(16-14-29)25(34)28-23(27)19(3)4/h7-10,19-20H,5-6,11-18H2,1-4H3,(H2,27,28,34). The van der Waals surface area contributed by atoms with Crippen molar-refractivity contribution in [1.29, 1.82) is 0 Å². The van der Waals surface area contributed by atoms with Gasteiger partial charge in [-0.1, -0.05) is 27.7 Å². The van der Waals surface area contributed by atoms with Crippen molar-refractivity contribution in [3.8, 4) is 0 Å². The zero-order valence-electron chi connectivity index (χ0n) is 23.6. The number of amides is 3. The second-order valence-corrected chi connectivity index (χ2v) is 14.9. The number of sulfonamides is 2. The van der Waals surface area contributed by atoms with E-state index >= 15 is 0 Å². The summed E-state index contributed by atoms with van der Waals surface area (Å²) < 4.78 is 55.3. The van der Waals surface area contributed by atoms with Crippen LogP contribution in [0.5, 0.6) is 0 Å². The van der Waals surface area contributed by atoms with Crippen molar-refractivity contribution in [1.82, 2.24) is 18.4 Å². The quantitative estimate of drug-likeness (QED) is 0.351. The Kier molecular flexibility index (Phi) is 8.65. The molecule has 0 radical (unpaired) electrons. The second kappa shape index (κ2) is 11.4. The van der Waals surface area contributed by atoms with E-state index in [0.717, 1.165) is 0 Å². The molecule has 3 amide bonds. The summed E-state index contributed by atoms with van der Waals surface area (Å²) >= 11 is 0. The third kappa shape index (κ3) is 5.63. The van der Waals surface area contributed by atoms with E-state index in [1.165, 1.54) is 32.9 Å². The average molecular weight is 597 g/mol. The molecule has 3 fully saturated rings. The number of benzene rings is 1. The highest BCUT2D eigenvalue weighted by Crippen LogP contribution is 2.59. The van der Waals surface area contributed by atoms with Crippen LogP contribution in [0, 0.1) is 17.3 Å². The van der Waals surface area contributed by atoms with Gasteiger partial charge in [-0.05, 0) is 43.0 Å². The number of aliphatic imine (C=N–C) groups is 1. The Balaban J connectivity index is 1.43. The van der Waals surface area contributed by atoms with Gasteiger partial charge in [-0.15, -0.1) is 0 Å². The number of urea groups is 1. The van der Waals surface area contributed by atoms with E-state index < -0.39 is 31.5 Å². The fourth-order valence-electron chi connectivity index (χ4n) is 5.55. The van der Waals surface area contributed by atoms with Crippen LogP contribution >= 0.6 is 0 Å². The van der Waals surface area contributed by atoms with Crippen LogP contribution < -0.4 is 5.73 Å². The molecular formula is C26H40N6O6S2. The van der Waals surface area contributed by atoms with Crippen LogP contribution in [-0.2, 0) is 24.8 Å². The monoisotopic (exact) mass is 596 g/mol. The average Bonchev–Trinajstić information content (AvgIpc) is 3.68. The zero-order valence-corrected chi connectivity index (χ0v) is 25.2. The molecule has 2 saturated heterocycles. The molecule has 0 aromatic heterocycles. The van der Waals surface area contributed by atoms with Gasteiger partial charge in [0.2, 0.25) is 26.0 Å². The summed E-state index contributed by atoms with van der Waals surface area (Å²) in [6.45, 7) is 9.61. The summed E-state index contributed by atoms with van der Waals surface area (Å²) in [6, 6.07) is 4.88. The summed E-state index contributed by atoms with van der Waals surface area (Å²) in [4.78, 5) is 33.4. The van der Waals surface area contributed by atoms with Crippen LogP contribution in [0.15, 0.2) is 39.0 Å². The SMILES string of the molecule is CCN(CC)S(=O)(=O)c1ccc(S(=O)(=O)N2CCC3CC3(C(=O)N3CCN(C(=O)/N=C(\N)C(C)C)CC3)C2)cc1. The fraction of sp³-hybridized carbons (Fsp3) is 0.654. The topological polar surface area (TPSA) is 154 Å². The lowest BCUT2D eigenvalue weighted by Gasteiger charge is -2.38. The molecule has 2 atom stereocenters. The molecule has 12 nitrogen and oxygen atoms in total. The minimum Gasteiger partial charge on any atom is -0.387 e. The van der Waals surface area contributed by atoms with Crippen molar-refractivity contribution >= 4 is 37.8 Å². The van der Waals surface area contributed by atoms with E-state index in [1.54, 1.807) is 23.6 Å². The van der Waals surface area contributed by atoms with Crippen molar-refractivity contribution in [2.45, 2.75) is 50.3 Å². The number of nitrogens with two attached hydrogens (primary N) is 1. The first-order valence-corrected chi connectivity index (χ1v) is 16.7. The molecule has 2 heterocycles. The molecule has 222 valence electrons. The molecule has 2 unspecified atom stereocenters. The van der Waals surface area contributed by atoms with Gasteiger partial charge in [0.1, 0.15) is 5.84 Å². The highest BCUT2D eigenvalue weighted by molar-refractivity contribution is 7.89. The predicted octanol–water partition coefficient (Wildman–Crippen LogP) is 1.40. The largest absolute Gasteiger partial charge is 0.387 e. The van der Waals surface area contributed by atoms with Crippen molar-refractivity contribution in [3.05, 3.63) is 24.3 Å². The fourth-order valence-corrected chi connectivity index (χ4v) is 8.53. The van der Waals surface area contributed by atoms with Crippen LogP contribution in [0.3, 0.4) is 0 Å². The van der Waals surface area contributed by atoms with Gasteiger partial charge in [-0.3, -0.25) is 4.79 Å². The number of hydrogen-bond donors (Lipinski definition) is 1. The number of fused-ring (bicyclic) bond motifs is 1. The Morgan fingerprint density at radius 1 is 0.975 bits per heavy atom. The first-order chi connectivity index (χ1) is 18.8. The maximum atomic E-state index is 13.6. The smallest absolute Gasteiger partial charge is 0.345 e. The molecule has 4 rings (SSSR count). The maximum Gasteiger partial charge on any atom is 0.345 e. The van der Waals surface area contributed by atoms with E-state index in [4.69, 9.17) is 5.73 Å². The Hall–Kier alpha value is -2.55. The van der Waals surface area contributed by atoms with Crippen LogP contribution in [0.2, 0.25) is 0 Å². The van der Waals surface area contributed by atoms with Crippen molar-refractivity contribution in [2.75, 3.05) is 52.4 Å². The molecule has 1 aromatic carbocycles. The Morgan fingerprint density at radius 2 is 1.52 bits per heavy atom. The summed E-state index contributed by atoms with van der Waals surface area (Å²) in [5.74, 6) is 0.284. The molecule has 14 heteroatoms. The lowest BCUT2D eigenvalue weighted by molar-refractivity contribution is -0.140. The molecule has 0 spiro atoms. The summed E-state index contributed by atoms with van der Waals surface area (Å²) in [5, 5.41) is 0. The second-order valence-electron chi connectivity index (χ2n) is 11.0. The molecule has 2 N–H and O–H groups in total. The normalized spacial score (nSPS) is 24.4. The van der Waals surface area contributed by atoms with E-state index in [1.807, 2.05) is 13.8 Å². The third-order valence-electron chi connectivity index (χ3n) is 8.30. The lowest BCUT2D eigenvalue weighted by atomic mass is 9.96. The van der Waals surface area contributed by atoms with E-state index in [9.17, 15) is 26.4 Å². The van der Waals surface area contributed by atoms with Crippen LogP contribution in [0.4, 0.5) is 4.79 Å². The van der Waals surface area contributed by atoms with Gasteiger partial charge in [0.05, 0.1) is 15.2 Å². The van der Waals surface area contributed by atoms with Crippen LogP contribution in [0.25, 0.3) is 0 Å². The number of amidine groups is 1. The van der Waals surface area contributed by atoms with Gasteiger partial charge in [-0.2, -0.15) is 13.6 Å². The molecule has 1 saturated carbocycles. The first-order valence-electron chi connectivity index (χ1n) is 13.8. The number of piperidine rings is 1. The van der Waals surface area contributed by atoms with Crippen molar-refractivity contribution < 1.29 is 26.4 Å². The zero-order chi connectivity index (χ0) is 29.5. The highest BCUT2D eigenvalue weighted by atomic mass is 32.2. The molecule has 3 aliphatic rings. The summed E-state index contributed by atoms with van der Waals surface area (Å²) in [7, 11) is -7.63. The third-order valence-corrected chi connectivity index (χ3v) is 12.2. The van der Waals surface area contributed by atoms with Gasteiger partial charge in [0, 0.05) is 58.3 Å². The number of carbonyl (C=O) groups excluding carboxylic acids is 2. The predicted molar refractivity (Wildman–Crippen MR) is 150 cm³/mol. The van der Waals surface area contributed by atoms with Gasteiger partial charge in [0.15, 0.2) is 0 Å². The van der Waals surface area contributed by atoms with Crippen LogP contribution in [-0.4, -0.2) is 105 Å². The molecule has 1 aliphatic carbocycles. The minimum absolute atomic E-state index is 0.000970. The number of rotatable bonds is 8. The Labute approximate surface area is 237 Å². The van der Waals surface area contributed by atoms with Crippen molar-refractivity contribution in [3.63, 3.8) is 0 Å². The number of piperazine rings is 1. The van der Waals surface area contributed by atoms with Gasteiger partial charge >= 0.3 is 6.03 Å². The molecule has 40 heavy (non-hydrogen) atoms. The van der Waals surface area contributed by atoms with Gasteiger partial charge < -0.3 is 15.5 Å². The molecule has 1 aromatic rings. The number of hydrogen-bond acceptors (Lipinski definition) is 6. The van der Waals surface area contributed by atoms with Crippen molar-refractivity contribution in [2.24, 2.45) is 28.0 Å². The number of carbonyl (C=O) groups is 2. The minimum atomic E-state index is -3.93. The Bertz CT molecular complexity index is 1370. The summed E-state index contributed by atoms with van der Waals surface area (Å²) in [6.07, 6.45) is 1.22. The van der Waals surface area contributed by atoms with Gasteiger partial charge in [-0.25, -0.2) is 21.6 Å². The molecule has 0 bridgehead atoms. The molecule has 2 aliphatic heterocycles. The first kappa shape index (κ1) is 30.4. The van der Waals surface area contributed by atoms with E-state index in [0.29, 0.717) is 58.7 Å². The number of nitrogens with zero attached hydrogens (tertiary/aromatic N) is 5. The van der Waals surface area contributed by atoms with Gasteiger partial charge in [0.25, 0.3) is 0 Å². The van der Waals surface area contributed by atoms with E-state index in [-0.39, 0.29) is 39.9 Å². The summed E-state index contributed by atoms with van der Waals surface area (Å²) in [5.41, 5.74) is 5.06. The lowest BCUT2D eigenvalue weighted by Crippen LogP contribution is -2.54. The molecular weight excluding hydrogens is 556 g/mol. The highest BCUT2D eigenvalue weighted by Gasteiger charge is 2.64. The van der Waals surface area contributed by atoms with Crippen LogP contribution in [0.1, 0.15) is 40.5 Å². The Morgan fingerprint density at radius 3 is 2.08 bits per heavy atom. The maximum absolute atomic E-state index is 13.6.